The zero-order valence-corrected chi connectivity index (χ0v) is 22.8. The summed E-state index contributed by atoms with van der Waals surface area (Å²) in [7, 11) is 0. The zero-order chi connectivity index (χ0) is 23.0. The second-order valence-electron chi connectivity index (χ2n) is 9.42. The van der Waals surface area contributed by atoms with Crippen LogP contribution in [-0.2, 0) is 16.6 Å². The van der Waals surface area contributed by atoms with Gasteiger partial charge in [-0.1, -0.05) is 68.4 Å². The van der Waals surface area contributed by atoms with Crippen molar-refractivity contribution < 1.29 is 4.79 Å². The van der Waals surface area contributed by atoms with Crippen molar-refractivity contribution in [3.05, 3.63) is 71.3 Å². The van der Waals surface area contributed by atoms with Crippen LogP contribution in [0, 0.1) is 12.8 Å². The molecule has 1 saturated heterocycles. The van der Waals surface area contributed by atoms with Gasteiger partial charge in [0.1, 0.15) is 0 Å². The van der Waals surface area contributed by atoms with E-state index >= 15 is 0 Å². The van der Waals surface area contributed by atoms with Crippen LogP contribution >= 0.6 is 24.0 Å². The summed E-state index contributed by atoms with van der Waals surface area (Å²) < 4.78 is 0. The van der Waals surface area contributed by atoms with Gasteiger partial charge in [0.15, 0.2) is 5.96 Å². The SMILES string of the molecule is CCNC(=NCC(C)(C)c1ccccc1C)NCC1CC(=O)N(CCc2ccccc2)C1.I. The van der Waals surface area contributed by atoms with Gasteiger partial charge in [0, 0.05) is 43.9 Å². The third-order valence-electron chi connectivity index (χ3n) is 6.22. The molecule has 2 aromatic carbocycles. The minimum absolute atomic E-state index is 0. The Labute approximate surface area is 216 Å². The molecule has 1 aliphatic heterocycles. The average molecular weight is 563 g/mol. The lowest BCUT2D eigenvalue weighted by Gasteiger charge is -2.26. The van der Waals surface area contributed by atoms with Crippen molar-refractivity contribution in [1.29, 1.82) is 0 Å². The molecule has 33 heavy (non-hydrogen) atoms. The van der Waals surface area contributed by atoms with Gasteiger partial charge < -0.3 is 15.5 Å². The molecule has 0 saturated carbocycles. The highest BCUT2D eigenvalue weighted by Crippen LogP contribution is 2.26. The van der Waals surface area contributed by atoms with Crippen LogP contribution in [0.25, 0.3) is 0 Å². The van der Waals surface area contributed by atoms with Crippen LogP contribution in [0.1, 0.15) is 43.9 Å². The van der Waals surface area contributed by atoms with E-state index in [0.29, 0.717) is 18.9 Å². The lowest BCUT2D eigenvalue weighted by Crippen LogP contribution is -2.41. The quantitative estimate of drug-likeness (QED) is 0.268. The number of amides is 1. The molecule has 0 aliphatic carbocycles. The number of carbonyl (C=O) groups excluding carboxylic acids is 1. The number of nitrogens with one attached hydrogen (secondary N) is 2. The normalized spacial score (nSPS) is 16.5. The molecule has 6 heteroatoms. The molecule has 2 aromatic rings. The van der Waals surface area contributed by atoms with Gasteiger partial charge >= 0.3 is 0 Å². The molecule has 1 heterocycles. The molecule has 0 radical (unpaired) electrons. The molecule has 1 aliphatic rings. The van der Waals surface area contributed by atoms with Crippen LogP contribution in [0.5, 0.6) is 0 Å². The van der Waals surface area contributed by atoms with Gasteiger partial charge in [-0.3, -0.25) is 9.79 Å². The Morgan fingerprint density at radius 2 is 1.79 bits per heavy atom. The van der Waals surface area contributed by atoms with Gasteiger partial charge in [-0.05, 0) is 37.0 Å². The number of guanidine groups is 1. The second kappa shape index (κ2) is 13.0. The van der Waals surface area contributed by atoms with E-state index in [1.54, 1.807) is 0 Å². The predicted molar refractivity (Wildman–Crippen MR) is 148 cm³/mol. The van der Waals surface area contributed by atoms with Gasteiger partial charge in [0.25, 0.3) is 0 Å². The lowest BCUT2D eigenvalue weighted by atomic mass is 9.82. The number of hydrogen-bond donors (Lipinski definition) is 2. The lowest BCUT2D eigenvalue weighted by molar-refractivity contribution is -0.127. The number of halogens is 1. The molecule has 180 valence electrons. The number of benzene rings is 2. The number of aryl methyl sites for hydroxylation is 1. The van der Waals surface area contributed by atoms with Crippen molar-refractivity contribution in [2.45, 2.75) is 46.0 Å². The van der Waals surface area contributed by atoms with Gasteiger partial charge in [0.05, 0.1) is 6.54 Å². The number of nitrogens with zero attached hydrogens (tertiary/aromatic N) is 2. The highest BCUT2D eigenvalue weighted by atomic mass is 127. The number of carbonyl (C=O) groups is 1. The third kappa shape index (κ3) is 8.02. The third-order valence-corrected chi connectivity index (χ3v) is 6.22. The van der Waals surface area contributed by atoms with Crippen LogP contribution in [0.3, 0.4) is 0 Å². The first kappa shape index (κ1) is 27.2. The molecule has 1 fully saturated rings. The molecular formula is C27H39IN4O. The molecule has 5 nitrogen and oxygen atoms in total. The first-order valence-corrected chi connectivity index (χ1v) is 11.8. The zero-order valence-electron chi connectivity index (χ0n) is 20.4. The summed E-state index contributed by atoms with van der Waals surface area (Å²) in [6.07, 6.45) is 1.51. The van der Waals surface area contributed by atoms with E-state index in [1.807, 2.05) is 11.0 Å². The largest absolute Gasteiger partial charge is 0.357 e. The van der Waals surface area contributed by atoms with E-state index in [4.69, 9.17) is 4.99 Å². The standard InChI is InChI=1S/C27H38N4O.HI/c1-5-28-26(30-20-27(3,4)24-14-10-9-11-21(24)2)29-18-23-17-25(32)31(19-23)16-15-22-12-7-6-8-13-22;/h6-14,23H,5,15-20H2,1-4H3,(H2,28,29,30);1H. The summed E-state index contributed by atoms with van der Waals surface area (Å²) in [5.74, 6) is 1.39. The maximum Gasteiger partial charge on any atom is 0.223 e. The minimum atomic E-state index is -0.0503. The monoisotopic (exact) mass is 562 g/mol. The molecule has 0 spiro atoms. The molecule has 1 unspecified atom stereocenters. The maximum absolute atomic E-state index is 12.5. The Balaban J connectivity index is 0.00000385. The summed E-state index contributed by atoms with van der Waals surface area (Å²) >= 11 is 0. The van der Waals surface area contributed by atoms with Gasteiger partial charge in [-0.25, -0.2) is 0 Å². The Bertz CT molecular complexity index is 913. The second-order valence-corrected chi connectivity index (χ2v) is 9.42. The van der Waals surface area contributed by atoms with Crippen LogP contribution in [-0.4, -0.2) is 49.5 Å². The van der Waals surface area contributed by atoms with E-state index in [2.05, 4.69) is 86.9 Å². The summed E-state index contributed by atoms with van der Waals surface area (Å²) in [4.78, 5) is 19.4. The number of aliphatic imine (C=N–C) groups is 1. The maximum atomic E-state index is 12.5. The van der Waals surface area contributed by atoms with E-state index in [-0.39, 0.29) is 35.3 Å². The fourth-order valence-corrected chi connectivity index (χ4v) is 4.39. The summed E-state index contributed by atoms with van der Waals surface area (Å²) in [5, 5.41) is 6.83. The first-order chi connectivity index (χ1) is 15.4. The highest BCUT2D eigenvalue weighted by Gasteiger charge is 2.29. The fourth-order valence-electron chi connectivity index (χ4n) is 4.39. The summed E-state index contributed by atoms with van der Waals surface area (Å²) in [6, 6.07) is 18.9. The molecular weight excluding hydrogens is 523 g/mol. The molecule has 2 N–H and O–H groups in total. The average Bonchev–Trinajstić information content (AvgIpc) is 3.14. The van der Waals surface area contributed by atoms with Crippen molar-refractivity contribution in [2.24, 2.45) is 10.9 Å². The van der Waals surface area contributed by atoms with Crippen LogP contribution in [0.15, 0.2) is 59.6 Å². The molecule has 0 bridgehead atoms. The summed E-state index contributed by atoms with van der Waals surface area (Å²) in [6.45, 7) is 12.6. The topological polar surface area (TPSA) is 56.7 Å². The van der Waals surface area contributed by atoms with Crippen molar-refractivity contribution in [3.8, 4) is 0 Å². The Morgan fingerprint density at radius 3 is 2.48 bits per heavy atom. The molecule has 1 amide bonds. The van der Waals surface area contributed by atoms with Gasteiger partial charge in [-0.15, -0.1) is 24.0 Å². The Morgan fingerprint density at radius 1 is 1.09 bits per heavy atom. The van der Waals surface area contributed by atoms with Gasteiger partial charge in [-0.2, -0.15) is 0 Å². The molecule has 3 rings (SSSR count). The number of hydrogen-bond acceptors (Lipinski definition) is 2. The van der Waals surface area contributed by atoms with Crippen LogP contribution in [0.2, 0.25) is 0 Å². The Kier molecular flexibility index (Phi) is 10.7. The van der Waals surface area contributed by atoms with Crippen LogP contribution < -0.4 is 10.6 Å². The van der Waals surface area contributed by atoms with Gasteiger partial charge in [0.2, 0.25) is 5.91 Å². The fraction of sp³-hybridized carbons (Fsp3) is 0.481. The van der Waals surface area contributed by atoms with Crippen LogP contribution in [0.4, 0.5) is 0 Å². The van der Waals surface area contributed by atoms with Crippen molar-refractivity contribution in [3.63, 3.8) is 0 Å². The van der Waals surface area contributed by atoms with Crippen molar-refractivity contribution in [1.82, 2.24) is 15.5 Å². The number of likely N-dealkylation sites (tertiary alicyclic amines) is 1. The highest BCUT2D eigenvalue weighted by molar-refractivity contribution is 14.0. The molecule has 1 atom stereocenters. The van der Waals surface area contributed by atoms with E-state index in [1.165, 1.54) is 16.7 Å². The van der Waals surface area contributed by atoms with Crippen molar-refractivity contribution in [2.75, 3.05) is 32.7 Å². The predicted octanol–water partition coefficient (Wildman–Crippen LogP) is 4.54. The van der Waals surface area contributed by atoms with E-state index < -0.39 is 0 Å². The molecule has 0 aromatic heterocycles. The minimum Gasteiger partial charge on any atom is -0.357 e. The van der Waals surface area contributed by atoms with E-state index in [0.717, 1.165) is 38.6 Å². The summed E-state index contributed by atoms with van der Waals surface area (Å²) in [5.41, 5.74) is 3.85. The Hall–Kier alpha value is -2.09. The first-order valence-electron chi connectivity index (χ1n) is 11.8. The smallest absolute Gasteiger partial charge is 0.223 e. The van der Waals surface area contributed by atoms with Crippen molar-refractivity contribution >= 4 is 35.8 Å². The number of rotatable bonds is 9. The van der Waals surface area contributed by atoms with E-state index in [9.17, 15) is 4.79 Å².